The van der Waals surface area contributed by atoms with Gasteiger partial charge >= 0.3 is 0 Å². The lowest BCUT2D eigenvalue weighted by atomic mass is 9.95. The Balaban J connectivity index is 2.24. The zero-order valence-corrected chi connectivity index (χ0v) is 12.6. The number of carbonyl (C=O) groups is 1. The molecular weight excluding hydrogens is 256 g/mol. The number of rotatable bonds is 9. The number of nitrogens with two attached hydrogens (primary N) is 1. The van der Waals surface area contributed by atoms with Crippen molar-refractivity contribution in [1.29, 1.82) is 0 Å². The summed E-state index contributed by atoms with van der Waals surface area (Å²) in [6.07, 6.45) is 1.78. The molecular formula is C15H24N2OS. The van der Waals surface area contributed by atoms with Crippen LogP contribution in [0.25, 0.3) is 0 Å². The van der Waals surface area contributed by atoms with Crippen LogP contribution >= 0.6 is 11.8 Å². The van der Waals surface area contributed by atoms with Crippen LogP contribution in [0.4, 0.5) is 0 Å². The standard InChI is InChI=1S/C15H24N2OS/c1-3-17-15(2,14(16)18)10-7-11-19-12-13-8-5-4-6-9-13/h4-6,8-9,17H,3,7,10-12H2,1-2H3,(H2,16,18). The van der Waals surface area contributed by atoms with Gasteiger partial charge in [0, 0.05) is 5.75 Å². The molecule has 0 aromatic heterocycles. The van der Waals surface area contributed by atoms with E-state index in [1.165, 1.54) is 5.56 Å². The number of likely N-dealkylation sites (N-methyl/N-ethyl adjacent to an activating group) is 1. The number of primary amides is 1. The minimum Gasteiger partial charge on any atom is -0.368 e. The summed E-state index contributed by atoms with van der Waals surface area (Å²) < 4.78 is 0. The van der Waals surface area contributed by atoms with Crippen molar-refractivity contribution in [1.82, 2.24) is 5.32 Å². The van der Waals surface area contributed by atoms with Gasteiger partial charge in [-0.3, -0.25) is 4.79 Å². The first-order valence-corrected chi connectivity index (χ1v) is 7.90. The van der Waals surface area contributed by atoms with E-state index in [0.29, 0.717) is 0 Å². The molecule has 0 heterocycles. The Kier molecular flexibility index (Phi) is 6.95. The van der Waals surface area contributed by atoms with Crippen molar-refractivity contribution in [2.45, 2.75) is 38.0 Å². The van der Waals surface area contributed by atoms with E-state index in [2.05, 4.69) is 29.6 Å². The highest BCUT2D eigenvalue weighted by molar-refractivity contribution is 7.98. The van der Waals surface area contributed by atoms with Gasteiger partial charge in [-0.05, 0) is 37.6 Å². The molecule has 106 valence electrons. The predicted octanol–water partition coefficient (Wildman–Crippen LogP) is 2.55. The minimum absolute atomic E-state index is 0.262. The lowest BCUT2D eigenvalue weighted by molar-refractivity contribution is -0.124. The van der Waals surface area contributed by atoms with Gasteiger partial charge in [0.05, 0.1) is 5.54 Å². The van der Waals surface area contributed by atoms with Crippen molar-refractivity contribution in [3.05, 3.63) is 35.9 Å². The molecule has 4 heteroatoms. The number of nitrogens with one attached hydrogen (secondary N) is 1. The molecule has 19 heavy (non-hydrogen) atoms. The van der Waals surface area contributed by atoms with E-state index in [1.807, 2.05) is 31.7 Å². The topological polar surface area (TPSA) is 55.1 Å². The Labute approximate surface area is 120 Å². The molecule has 0 aliphatic rings. The highest BCUT2D eigenvalue weighted by Crippen LogP contribution is 2.17. The maximum Gasteiger partial charge on any atom is 0.237 e. The third-order valence-corrected chi connectivity index (χ3v) is 4.30. The first kappa shape index (κ1) is 16.1. The smallest absolute Gasteiger partial charge is 0.237 e. The van der Waals surface area contributed by atoms with E-state index in [4.69, 9.17) is 5.73 Å². The number of hydrogen-bond acceptors (Lipinski definition) is 3. The molecule has 0 aliphatic carbocycles. The molecule has 1 rings (SSSR count). The molecule has 1 unspecified atom stereocenters. The summed E-state index contributed by atoms with van der Waals surface area (Å²) in [4.78, 5) is 11.4. The number of benzene rings is 1. The quantitative estimate of drug-likeness (QED) is 0.684. The average Bonchev–Trinajstić information content (AvgIpc) is 2.39. The van der Waals surface area contributed by atoms with Gasteiger partial charge in [-0.25, -0.2) is 0 Å². The van der Waals surface area contributed by atoms with Crippen LogP contribution in [-0.2, 0) is 10.5 Å². The summed E-state index contributed by atoms with van der Waals surface area (Å²) >= 11 is 1.90. The summed E-state index contributed by atoms with van der Waals surface area (Å²) in [6.45, 7) is 4.64. The molecule has 0 aliphatic heterocycles. The zero-order chi connectivity index (χ0) is 14.1. The third-order valence-electron chi connectivity index (χ3n) is 3.19. The summed E-state index contributed by atoms with van der Waals surface area (Å²) in [6, 6.07) is 10.4. The largest absolute Gasteiger partial charge is 0.368 e. The summed E-state index contributed by atoms with van der Waals surface area (Å²) in [5.74, 6) is 1.81. The maximum atomic E-state index is 11.4. The van der Waals surface area contributed by atoms with E-state index in [1.54, 1.807) is 0 Å². The zero-order valence-electron chi connectivity index (χ0n) is 11.8. The molecule has 0 fully saturated rings. The Morgan fingerprint density at radius 2 is 2.05 bits per heavy atom. The first-order chi connectivity index (χ1) is 9.08. The van der Waals surface area contributed by atoms with Gasteiger partial charge in [0.25, 0.3) is 0 Å². The van der Waals surface area contributed by atoms with E-state index in [0.717, 1.165) is 30.9 Å². The van der Waals surface area contributed by atoms with Crippen LogP contribution < -0.4 is 11.1 Å². The molecule has 1 aromatic rings. The van der Waals surface area contributed by atoms with Crippen molar-refractivity contribution < 1.29 is 4.79 Å². The highest BCUT2D eigenvalue weighted by atomic mass is 32.2. The van der Waals surface area contributed by atoms with Crippen LogP contribution in [0.3, 0.4) is 0 Å². The minimum atomic E-state index is -0.567. The molecule has 0 radical (unpaired) electrons. The van der Waals surface area contributed by atoms with Gasteiger partial charge < -0.3 is 11.1 Å². The molecule has 1 aromatic carbocycles. The Bertz CT molecular complexity index is 383. The Morgan fingerprint density at radius 3 is 2.63 bits per heavy atom. The fourth-order valence-electron chi connectivity index (χ4n) is 1.98. The number of amides is 1. The summed E-state index contributed by atoms with van der Waals surface area (Å²) in [7, 11) is 0. The normalized spacial score (nSPS) is 14.0. The van der Waals surface area contributed by atoms with Gasteiger partial charge in [0.2, 0.25) is 5.91 Å². The van der Waals surface area contributed by atoms with Crippen molar-refractivity contribution in [3.8, 4) is 0 Å². The molecule has 1 atom stereocenters. The summed E-state index contributed by atoms with van der Waals surface area (Å²) in [5, 5.41) is 3.18. The van der Waals surface area contributed by atoms with Gasteiger partial charge in [-0.2, -0.15) is 11.8 Å². The average molecular weight is 280 g/mol. The van der Waals surface area contributed by atoms with Crippen molar-refractivity contribution in [2.75, 3.05) is 12.3 Å². The van der Waals surface area contributed by atoms with Crippen molar-refractivity contribution in [2.24, 2.45) is 5.73 Å². The maximum absolute atomic E-state index is 11.4. The van der Waals surface area contributed by atoms with Crippen LogP contribution in [0.15, 0.2) is 30.3 Å². The lowest BCUT2D eigenvalue weighted by Crippen LogP contribution is -2.53. The van der Waals surface area contributed by atoms with Crippen LogP contribution in [-0.4, -0.2) is 23.7 Å². The van der Waals surface area contributed by atoms with Crippen LogP contribution in [0.1, 0.15) is 32.3 Å². The molecule has 1 amide bonds. The SMILES string of the molecule is CCNC(C)(CCCSCc1ccccc1)C(N)=O. The second-order valence-electron chi connectivity index (χ2n) is 4.87. The third kappa shape index (κ3) is 5.66. The molecule has 0 saturated heterocycles. The van der Waals surface area contributed by atoms with E-state index in [-0.39, 0.29) is 5.91 Å². The van der Waals surface area contributed by atoms with Crippen molar-refractivity contribution in [3.63, 3.8) is 0 Å². The van der Waals surface area contributed by atoms with E-state index < -0.39 is 5.54 Å². The van der Waals surface area contributed by atoms with Gasteiger partial charge in [-0.1, -0.05) is 37.3 Å². The number of thioether (sulfide) groups is 1. The van der Waals surface area contributed by atoms with Gasteiger partial charge in [0.15, 0.2) is 0 Å². The van der Waals surface area contributed by atoms with E-state index in [9.17, 15) is 4.79 Å². The van der Waals surface area contributed by atoms with Crippen molar-refractivity contribution >= 4 is 17.7 Å². The molecule has 0 saturated carbocycles. The number of hydrogen-bond donors (Lipinski definition) is 2. The molecule has 0 spiro atoms. The van der Waals surface area contributed by atoms with Crippen LogP contribution in [0.2, 0.25) is 0 Å². The predicted molar refractivity (Wildman–Crippen MR) is 83.1 cm³/mol. The molecule has 3 nitrogen and oxygen atoms in total. The second kappa shape index (κ2) is 8.23. The Hall–Kier alpha value is -1.00. The number of carbonyl (C=O) groups excluding carboxylic acids is 1. The second-order valence-corrected chi connectivity index (χ2v) is 5.97. The van der Waals surface area contributed by atoms with Gasteiger partial charge in [0.1, 0.15) is 0 Å². The summed E-state index contributed by atoms with van der Waals surface area (Å²) in [5.41, 5.74) is 6.23. The Morgan fingerprint density at radius 1 is 1.37 bits per heavy atom. The molecule has 0 bridgehead atoms. The fourth-order valence-corrected chi connectivity index (χ4v) is 2.90. The van der Waals surface area contributed by atoms with Crippen LogP contribution in [0.5, 0.6) is 0 Å². The van der Waals surface area contributed by atoms with Gasteiger partial charge in [-0.15, -0.1) is 0 Å². The van der Waals surface area contributed by atoms with E-state index >= 15 is 0 Å². The fraction of sp³-hybridized carbons (Fsp3) is 0.533. The monoisotopic (exact) mass is 280 g/mol. The van der Waals surface area contributed by atoms with Crippen LogP contribution in [0, 0.1) is 0 Å². The first-order valence-electron chi connectivity index (χ1n) is 6.75. The highest BCUT2D eigenvalue weighted by Gasteiger charge is 2.28. The lowest BCUT2D eigenvalue weighted by Gasteiger charge is -2.26. The molecule has 3 N–H and O–H groups in total.